The van der Waals surface area contributed by atoms with Crippen LogP contribution in [0.1, 0.15) is 44.9 Å². The molecule has 3 saturated heterocycles. The number of rotatable bonds is 33. The third-order valence-corrected chi connectivity index (χ3v) is 9.41. The lowest BCUT2D eigenvalue weighted by Crippen LogP contribution is -2.36. The van der Waals surface area contributed by atoms with Crippen molar-refractivity contribution in [1.29, 1.82) is 0 Å². The number of carbonyl (C=O) groups excluding carboxylic acids is 5. The molecule has 0 aromatic rings. The first-order valence-corrected chi connectivity index (χ1v) is 19.1. The number of urea groups is 1. The summed E-state index contributed by atoms with van der Waals surface area (Å²) in [7, 11) is 0. The first-order valence-electron chi connectivity index (χ1n) is 18.1. The van der Waals surface area contributed by atoms with Crippen LogP contribution in [-0.2, 0) is 61.9 Å². The molecule has 52 heavy (non-hydrogen) atoms. The van der Waals surface area contributed by atoms with E-state index >= 15 is 0 Å². The van der Waals surface area contributed by atoms with Crippen LogP contribution in [0.2, 0.25) is 0 Å². The molecule has 3 N–H and O–H groups in total. The molecule has 3 heterocycles. The van der Waals surface area contributed by atoms with Crippen LogP contribution in [0.5, 0.6) is 0 Å². The van der Waals surface area contributed by atoms with Gasteiger partial charge in [-0.3, -0.25) is 14.4 Å². The van der Waals surface area contributed by atoms with Crippen molar-refractivity contribution in [2.45, 2.75) is 62.3 Å². The summed E-state index contributed by atoms with van der Waals surface area (Å²) in [5, 5.41) is 9.77. The quantitative estimate of drug-likeness (QED) is 0.0455. The van der Waals surface area contributed by atoms with Crippen LogP contribution in [0.4, 0.5) is 4.79 Å². The Morgan fingerprint density at radius 1 is 0.635 bits per heavy atom. The third-order valence-electron chi connectivity index (χ3n) is 7.90. The molecule has 0 radical (unpaired) electrons. The number of fused-ring (bicyclic) bond motifs is 1. The molecule has 3 aliphatic rings. The van der Waals surface area contributed by atoms with E-state index in [4.69, 9.17) is 42.7 Å². The molecule has 0 spiro atoms. The SMILES string of the molecule is O=C(CCCC[C@@H]1SC[C@@H]2NC(=O)N[C@@H]21)NCCOCCOCCOCCOCCOCCOCCOCCOCCC(=O)ON1C(=O)CCC1=O. The number of hydroxylamine groups is 2. The second-order valence-electron chi connectivity index (χ2n) is 11.9. The van der Waals surface area contributed by atoms with Crippen molar-refractivity contribution in [2.24, 2.45) is 0 Å². The van der Waals surface area contributed by atoms with Gasteiger partial charge in [0.25, 0.3) is 11.8 Å². The second kappa shape index (κ2) is 27.9. The lowest BCUT2D eigenvalue weighted by molar-refractivity contribution is -0.198. The maximum atomic E-state index is 12.0. The molecule has 19 heteroatoms. The molecule has 298 valence electrons. The number of hydrogen-bond acceptors (Lipinski definition) is 15. The second-order valence-corrected chi connectivity index (χ2v) is 13.2. The predicted octanol–water partition coefficient (Wildman–Crippen LogP) is -0.0415. The van der Waals surface area contributed by atoms with Crippen LogP contribution in [-0.4, -0.2) is 170 Å². The molecule has 0 saturated carbocycles. The zero-order chi connectivity index (χ0) is 37.1. The third kappa shape index (κ3) is 19.5. The summed E-state index contributed by atoms with van der Waals surface area (Å²) in [6.07, 6.45) is 3.33. The molecule has 18 nitrogen and oxygen atoms in total. The Morgan fingerprint density at radius 2 is 1.12 bits per heavy atom. The number of carbonyl (C=O) groups is 5. The highest BCUT2D eigenvalue weighted by Crippen LogP contribution is 2.33. The van der Waals surface area contributed by atoms with Crippen molar-refractivity contribution in [2.75, 3.05) is 118 Å². The van der Waals surface area contributed by atoms with Crippen LogP contribution >= 0.6 is 11.8 Å². The van der Waals surface area contributed by atoms with Crippen LogP contribution in [0.3, 0.4) is 0 Å². The van der Waals surface area contributed by atoms with E-state index in [1.165, 1.54) is 0 Å². The number of hydrogen-bond donors (Lipinski definition) is 3. The Morgan fingerprint density at radius 3 is 1.63 bits per heavy atom. The van der Waals surface area contributed by atoms with Gasteiger partial charge >= 0.3 is 12.0 Å². The zero-order valence-electron chi connectivity index (χ0n) is 30.0. The number of amides is 5. The molecule has 0 aromatic carbocycles. The largest absolute Gasteiger partial charge is 0.378 e. The van der Waals surface area contributed by atoms with Crippen LogP contribution in [0.25, 0.3) is 0 Å². The predicted molar refractivity (Wildman–Crippen MR) is 185 cm³/mol. The molecule has 3 rings (SSSR count). The fourth-order valence-electron chi connectivity index (χ4n) is 5.23. The Hall–Kier alpha value is -2.62. The Balaban J connectivity index is 0.922. The van der Waals surface area contributed by atoms with Crippen LogP contribution < -0.4 is 16.0 Å². The fourth-order valence-corrected chi connectivity index (χ4v) is 6.77. The van der Waals surface area contributed by atoms with Gasteiger partial charge in [-0.25, -0.2) is 9.59 Å². The minimum Gasteiger partial charge on any atom is -0.378 e. The molecular formula is C33H56N4O14S. The molecule has 0 aromatic heterocycles. The van der Waals surface area contributed by atoms with E-state index in [0.29, 0.717) is 116 Å². The van der Waals surface area contributed by atoms with Gasteiger partial charge in [0.2, 0.25) is 5.91 Å². The van der Waals surface area contributed by atoms with E-state index in [2.05, 4.69) is 16.0 Å². The highest BCUT2D eigenvalue weighted by Gasteiger charge is 2.42. The Labute approximate surface area is 309 Å². The van der Waals surface area contributed by atoms with Gasteiger partial charge in [-0.1, -0.05) is 6.42 Å². The van der Waals surface area contributed by atoms with E-state index < -0.39 is 17.8 Å². The van der Waals surface area contributed by atoms with Crippen molar-refractivity contribution >= 4 is 41.5 Å². The van der Waals surface area contributed by atoms with Crippen molar-refractivity contribution < 1.29 is 66.7 Å². The van der Waals surface area contributed by atoms with Gasteiger partial charge in [0.15, 0.2) is 0 Å². The number of unbranched alkanes of at least 4 members (excludes halogenated alkanes) is 1. The molecule has 3 atom stereocenters. The lowest BCUT2D eigenvalue weighted by Gasteiger charge is -2.16. The number of ether oxygens (including phenoxy) is 8. The molecule has 3 fully saturated rings. The van der Waals surface area contributed by atoms with E-state index in [1.54, 1.807) is 0 Å². The van der Waals surface area contributed by atoms with E-state index in [-0.39, 0.29) is 56.5 Å². The van der Waals surface area contributed by atoms with Gasteiger partial charge in [-0.05, 0) is 12.8 Å². The first kappa shape index (κ1) is 43.8. The average molecular weight is 765 g/mol. The summed E-state index contributed by atoms with van der Waals surface area (Å²) in [6.45, 7) is 6.89. The highest BCUT2D eigenvalue weighted by atomic mass is 32.2. The maximum absolute atomic E-state index is 12.0. The topological polar surface area (TPSA) is 208 Å². The summed E-state index contributed by atoms with van der Waals surface area (Å²) in [5.41, 5.74) is 0. The first-order chi connectivity index (χ1) is 25.4. The number of nitrogens with zero attached hydrogens (tertiary/aromatic N) is 1. The molecule has 0 aliphatic carbocycles. The Kier molecular flexibility index (Phi) is 23.5. The lowest BCUT2D eigenvalue weighted by atomic mass is 10.0. The minimum atomic E-state index is -0.703. The van der Waals surface area contributed by atoms with Crippen molar-refractivity contribution in [1.82, 2.24) is 21.0 Å². The maximum Gasteiger partial charge on any atom is 0.335 e. The highest BCUT2D eigenvalue weighted by molar-refractivity contribution is 8.00. The van der Waals surface area contributed by atoms with Gasteiger partial charge in [0.05, 0.1) is 124 Å². The monoisotopic (exact) mass is 764 g/mol. The van der Waals surface area contributed by atoms with Gasteiger partial charge in [0, 0.05) is 36.8 Å². The van der Waals surface area contributed by atoms with Crippen molar-refractivity contribution in [3.63, 3.8) is 0 Å². The number of thioether (sulfide) groups is 1. The molecule has 5 amide bonds. The summed E-state index contributed by atoms with van der Waals surface area (Å²) in [4.78, 5) is 62.7. The summed E-state index contributed by atoms with van der Waals surface area (Å²) in [5.74, 6) is -0.746. The summed E-state index contributed by atoms with van der Waals surface area (Å²) < 4.78 is 43.5. The van der Waals surface area contributed by atoms with E-state index in [0.717, 1.165) is 25.0 Å². The van der Waals surface area contributed by atoms with Gasteiger partial charge < -0.3 is 58.7 Å². The minimum absolute atomic E-state index is 0.0316. The fraction of sp³-hybridized carbons (Fsp3) is 0.848. The van der Waals surface area contributed by atoms with Crippen LogP contribution in [0.15, 0.2) is 0 Å². The zero-order valence-corrected chi connectivity index (χ0v) is 30.8. The van der Waals surface area contributed by atoms with Crippen LogP contribution in [0, 0.1) is 0 Å². The average Bonchev–Trinajstić information content (AvgIpc) is 3.79. The standard InChI is InChI=1S/C33H56N4O14S/c38-28(4-2-1-3-27-32-26(25-52-27)35-33(42)36-32)34-8-10-44-12-14-46-16-18-48-20-22-50-24-23-49-21-19-47-17-15-45-13-11-43-9-7-31(41)51-37-29(39)5-6-30(37)40/h26-27,32H,1-25H2,(H,34,38)(H2,35,36,42)/t26-,27-,32-/m0/s1. The van der Waals surface area contributed by atoms with Gasteiger partial charge in [-0.2, -0.15) is 11.8 Å². The number of imide groups is 1. The van der Waals surface area contributed by atoms with E-state index in [9.17, 15) is 24.0 Å². The summed E-state index contributed by atoms with van der Waals surface area (Å²) >= 11 is 1.89. The molecular weight excluding hydrogens is 708 g/mol. The van der Waals surface area contributed by atoms with Crippen molar-refractivity contribution in [3.8, 4) is 0 Å². The normalized spacial score (nSPS) is 19.6. The smallest absolute Gasteiger partial charge is 0.335 e. The summed E-state index contributed by atoms with van der Waals surface area (Å²) in [6, 6.07) is 0.384. The van der Waals surface area contributed by atoms with Gasteiger partial charge in [0.1, 0.15) is 0 Å². The molecule has 3 aliphatic heterocycles. The molecule has 0 unspecified atom stereocenters. The van der Waals surface area contributed by atoms with Gasteiger partial charge in [-0.15, -0.1) is 5.06 Å². The number of nitrogens with one attached hydrogen (secondary N) is 3. The molecule has 0 bridgehead atoms. The van der Waals surface area contributed by atoms with E-state index in [1.807, 2.05) is 11.8 Å². The van der Waals surface area contributed by atoms with Crippen molar-refractivity contribution in [3.05, 3.63) is 0 Å². The Bertz CT molecular complexity index is 1040.